The van der Waals surface area contributed by atoms with E-state index in [-0.39, 0.29) is 0 Å². The largest absolute Gasteiger partial charge is 0.496 e. The smallest absolute Gasteiger partial charge is 0.192 e. The fourth-order valence-corrected chi connectivity index (χ4v) is 5.23. The van der Waals surface area contributed by atoms with E-state index in [1.165, 1.54) is 5.56 Å². The number of para-hydroxylation sites is 1. The Labute approximate surface area is 175 Å². The Morgan fingerprint density at radius 3 is 2.89 bits per heavy atom. The minimum absolute atomic E-state index is 0.625. The van der Waals surface area contributed by atoms with Crippen LogP contribution in [0.25, 0.3) is 22.0 Å². The van der Waals surface area contributed by atoms with E-state index in [1.54, 1.807) is 41.5 Å². The summed E-state index contributed by atoms with van der Waals surface area (Å²) in [4.78, 5) is 4.74. The molecule has 1 aromatic carbocycles. The molecule has 0 amide bonds. The predicted octanol–water partition coefficient (Wildman–Crippen LogP) is 5.62. The molecule has 0 atom stereocenters. The molecule has 5 nitrogen and oxygen atoms in total. The highest BCUT2D eigenvalue weighted by atomic mass is 32.2. The summed E-state index contributed by atoms with van der Waals surface area (Å²) in [5.74, 6) is 2.29. The van der Waals surface area contributed by atoms with E-state index in [0.717, 1.165) is 38.7 Å². The number of methoxy groups -OCH3 is 1. The van der Waals surface area contributed by atoms with E-state index in [0.29, 0.717) is 6.54 Å². The summed E-state index contributed by atoms with van der Waals surface area (Å²) in [6, 6.07) is 9.93. The molecule has 4 aromatic rings. The number of allylic oxidation sites excluding steroid dienone is 1. The number of thiazole rings is 1. The van der Waals surface area contributed by atoms with Gasteiger partial charge in [0.25, 0.3) is 0 Å². The molecule has 4 rings (SSSR count). The van der Waals surface area contributed by atoms with Gasteiger partial charge in [0.05, 0.1) is 18.4 Å². The van der Waals surface area contributed by atoms with Gasteiger partial charge in [0.1, 0.15) is 10.8 Å². The van der Waals surface area contributed by atoms with E-state index in [2.05, 4.69) is 43.5 Å². The molecule has 0 saturated heterocycles. The first-order valence-corrected chi connectivity index (χ1v) is 11.4. The zero-order valence-corrected chi connectivity index (χ0v) is 17.7. The Morgan fingerprint density at radius 1 is 1.21 bits per heavy atom. The first-order chi connectivity index (χ1) is 13.8. The average molecular weight is 427 g/mol. The van der Waals surface area contributed by atoms with Crippen LogP contribution in [0.2, 0.25) is 0 Å². The van der Waals surface area contributed by atoms with Crippen molar-refractivity contribution in [2.45, 2.75) is 17.5 Å². The van der Waals surface area contributed by atoms with Crippen LogP contribution in [0.3, 0.4) is 0 Å². The van der Waals surface area contributed by atoms with Crippen molar-refractivity contribution in [1.82, 2.24) is 19.7 Å². The van der Waals surface area contributed by atoms with Crippen molar-refractivity contribution in [3.05, 3.63) is 64.8 Å². The average Bonchev–Trinajstić information content (AvgIpc) is 3.47. The highest BCUT2D eigenvalue weighted by molar-refractivity contribution is 7.98. The normalized spacial score (nSPS) is 10.9. The third-order valence-corrected chi connectivity index (χ3v) is 6.67. The van der Waals surface area contributed by atoms with Crippen LogP contribution < -0.4 is 4.74 Å². The van der Waals surface area contributed by atoms with Crippen LogP contribution in [0.4, 0.5) is 0 Å². The Morgan fingerprint density at radius 2 is 2.11 bits per heavy atom. The number of hydrogen-bond donors (Lipinski definition) is 0. The van der Waals surface area contributed by atoms with Gasteiger partial charge in [0.15, 0.2) is 11.0 Å². The maximum atomic E-state index is 5.49. The molecule has 0 unspecified atom stereocenters. The van der Waals surface area contributed by atoms with Crippen molar-refractivity contribution >= 4 is 34.4 Å². The minimum Gasteiger partial charge on any atom is -0.496 e. The summed E-state index contributed by atoms with van der Waals surface area (Å²) in [5, 5.41) is 17.0. The number of thiophene rings is 1. The highest BCUT2D eigenvalue weighted by Gasteiger charge is 2.17. The van der Waals surface area contributed by atoms with Gasteiger partial charge < -0.3 is 4.74 Å². The van der Waals surface area contributed by atoms with Crippen molar-refractivity contribution in [1.29, 1.82) is 0 Å². The monoisotopic (exact) mass is 426 g/mol. The van der Waals surface area contributed by atoms with Crippen LogP contribution in [0.1, 0.15) is 5.69 Å². The number of ether oxygens (including phenoxy) is 1. The Kier molecular flexibility index (Phi) is 5.90. The molecule has 0 saturated carbocycles. The van der Waals surface area contributed by atoms with Crippen molar-refractivity contribution in [3.63, 3.8) is 0 Å². The van der Waals surface area contributed by atoms with E-state index in [1.807, 2.05) is 30.3 Å². The Balaban J connectivity index is 1.57. The molecule has 0 fully saturated rings. The second-order valence-electron chi connectivity index (χ2n) is 5.85. The lowest BCUT2D eigenvalue weighted by molar-refractivity contribution is 0.416. The predicted molar refractivity (Wildman–Crippen MR) is 117 cm³/mol. The fourth-order valence-electron chi connectivity index (χ4n) is 2.75. The summed E-state index contributed by atoms with van der Waals surface area (Å²) >= 11 is 4.98. The standard InChI is InChI=1S/C20H18N4OS3/c1-3-9-24-18(16-6-4-5-7-17(16)25-2)22-23-20(24)28-13-15-12-27-19(21-15)14-8-10-26-11-14/h3-8,10-12H,1,9,13H2,2H3. The van der Waals surface area contributed by atoms with Crippen molar-refractivity contribution < 1.29 is 4.74 Å². The summed E-state index contributed by atoms with van der Waals surface area (Å²) in [6.45, 7) is 4.50. The third kappa shape index (κ3) is 3.89. The van der Waals surface area contributed by atoms with Gasteiger partial charge in [-0.05, 0) is 23.6 Å². The zero-order valence-electron chi connectivity index (χ0n) is 15.2. The number of aromatic nitrogens is 4. The van der Waals surface area contributed by atoms with Gasteiger partial charge in [0, 0.05) is 28.6 Å². The molecule has 0 radical (unpaired) electrons. The summed E-state index contributed by atoms with van der Waals surface area (Å²) in [7, 11) is 1.66. The molecule has 0 N–H and O–H groups in total. The first kappa shape index (κ1) is 18.9. The number of hydrogen-bond acceptors (Lipinski definition) is 7. The van der Waals surface area contributed by atoms with Gasteiger partial charge >= 0.3 is 0 Å². The van der Waals surface area contributed by atoms with Crippen LogP contribution in [-0.2, 0) is 12.3 Å². The van der Waals surface area contributed by atoms with Crippen LogP contribution >= 0.6 is 34.4 Å². The van der Waals surface area contributed by atoms with E-state index in [4.69, 9.17) is 9.72 Å². The SMILES string of the molecule is C=CCn1c(SCc2csc(-c3ccsc3)n2)nnc1-c1ccccc1OC. The van der Waals surface area contributed by atoms with Crippen LogP contribution in [0.15, 0.2) is 64.3 Å². The number of benzene rings is 1. The Hall–Kier alpha value is -2.42. The molecule has 0 spiro atoms. The van der Waals surface area contributed by atoms with Gasteiger partial charge in [-0.1, -0.05) is 30.0 Å². The van der Waals surface area contributed by atoms with Gasteiger partial charge in [-0.3, -0.25) is 4.57 Å². The summed E-state index contributed by atoms with van der Waals surface area (Å²) in [5.41, 5.74) is 3.14. The quantitative estimate of drug-likeness (QED) is 0.270. The first-order valence-electron chi connectivity index (χ1n) is 8.57. The Bertz CT molecular complexity index is 1070. The summed E-state index contributed by atoms with van der Waals surface area (Å²) < 4.78 is 7.55. The van der Waals surface area contributed by atoms with Crippen molar-refractivity contribution in [3.8, 4) is 27.7 Å². The molecule has 142 valence electrons. The van der Waals surface area contributed by atoms with Crippen LogP contribution in [0, 0.1) is 0 Å². The van der Waals surface area contributed by atoms with Crippen LogP contribution in [-0.4, -0.2) is 26.9 Å². The number of nitrogens with zero attached hydrogens (tertiary/aromatic N) is 4. The molecule has 8 heteroatoms. The lowest BCUT2D eigenvalue weighted by Gasteiger charge is -2.10. The second-order valence-corrected chi connectivity index (χ2v) is 8.43. The fraction of sp³-hybridized carbons (Fsp3) is 0.150. The molecular formula is C20H18N4OS3. The van der Waals surface area contributed by atoms with Crippen molar-refractivity contribution in [2.24, 2.45) is 0 Å². The third-order valence-electron chi connectivity index (χ3n) is 4.05. The molecule has 3 aromatic heterocycles. The van der Waals surface area contributed by atoms with Gasteiger partial charge in [-0.2, -0.15) is 11.3 Å². The highest BCUT2D eigenvalue weighted by Crippen LogP contribution is 2.33. The summed E-state index contributed by atoms with van der Waals surface area (Å²) in [6.07, 6.45) is 1.85. The van der Waals surface area contributed by atoms with E-state index < -0.39 is 0 Å². The second kappa shape index (κ2) is 8.72. The lowest BCUT2D eigenvalue weighted by atomic mass is 10.2. The maximum Gasteiger partial charge on any atom is 0.192 e. The molecule has 28 heavy (non-hydrogen) atoms. The van der Waals surface area contributed by atoms with Gasteiger partial charge in [0.2, 0.25) is 0 Å². The molecular weight excluding hydrogens is 408 g/mol. The number of thioether (sulfide) groups is 1. The van der Waals surface area contributed by atoms with Gasteiger partial charge in [-0.25, -0.2) is 4.98 Å². The van der Waals surface area contributed by atoms with Crippen LogP contribution in [0.5, 0.6) is 5.75 Å². The molecule has 0 aliphatic heterocycles. The van der Waals surface area contributed by atoms with E-state index in [9.17, 15) is 0 Å². The minimum atomic E-state index is 0.625. The molecule has 0 aliphatic carbocycles. The molecule has 0 bridgehead atoms. The van der Waals surface area contributed by atoms with Gasteiger partial charge in [-0.15, -0.1) is 28.1 Å². The molecule has 0 aliphatic rings. The lowest BCUT2D eigenvalue weighted by Crippen LogP contribution is -2.01. The number of rotatable bonds is 8. The van der Waals surface area contributed by atoms with E-state index >= 15 is 0 Å². The maximum absolute atomic E-state index is 5.49. The zero-order chi connectivity index (χ0) is 19.3. The molecule has 3 heterocycles. The van der Waals surface area contributed by atoms with Crippen molar-refractivity contribution in [2.75, 3.05) is 7.11 Å². The topological polar surface area (TPSA) is 52.8 Å².